The monoisotopic (exact) mass is 471 g/mol. The number of hydrogen-bond donors (Lipinski definition) is 3. The van der Waals surface area contributed by atoms with Gasteiger partial charge in [-0.2, -0.15) is 0 Å². The number of pyridine rings is 1. The second kappa shape index (κ2) is 10.3. The van der Waals surface area contributed by atoms with E-state index in [9.17, 15) is 9.18 Å². The van der Waals surface area contributed by atoms with Crippen LogP contribution >= 0.6 is 11.8 Å². The summed E-state index contributed by atoms with van der Waals surface area (Å²) in [5.74, 6) is 0.394. The zero-order valence-electron chi connectivity index (χ0n) is 18.6. The average molecular weight is 472 g/mol. The summed E-state index contributed by atoms with van der Waals surface area (Å²) < 4.78 is 13.9. The minimum absolute atomic E-state index is 0.258. The minimum Gasteiger partial charge on any atom is -0.338 e. The van der Waals surface area contributed by atoms with Crippen LogP contribution in [0.2, 0.25) is 0 Å². The van der Waals surface area contributed by atoms with E-state index in [2.05, 4.69) is 20.3 Å². The van der Waals surface area contributed by atoms with Gasteiger partial charge in [0.2, 0.25) is 0 Å². The maximum Gasteiger partial charge on any atom is 0.256 e. The van der Waals surface area contributed by atoms with E-state index in [1.165, 1.54) is 6.07 Å². The summed E-state index contributed by atoms with van der Waals surface area (Å²) in [6.07, 6.45) is 7.99. The molecule has 0 radical (unpaired) electrons. The number of hydrogen-bond acceptors (Lipinski definition) is 5. The highest BCUT2D eigenvalue weighted by Gasteiger charge is 2.16. The van der Waals surface area contributed by atoms with Crippen molar-refractivity contribution in [3.8, 4) is 22.5 Å². The molecule has 2 aromatic heterocycles. The summed E-state index contributed by atoms with van der Waals surface area (Å²) in [5, 5.41) is 10.1. The lowest BCUT2D eigenvalue weighted by molar-refractivity contribution is 0.102. The number of rotatable bonds is 7. The number of carbonyl (C=O) groups is 1. The van der Waals surface area contributed by atoms with E-state index in [0.29, 0.717) is 34.2 Å². The lowest BCUT2D eigenvalue weighted by Gasteiger charge is -2.08. The maximum absolute atomic E-state index is 13.9. The SMILES string of the molecule is CSc1ccc(C(=O)Nc2cc(-c3[nH]c(/C=C\C=N)nc3-c3ccc(F)c(C)c3)ccn2)cc1. The normalized spacial score (nSPS) is 11.0. The fourth-order valence-corrected chi connectivity index (χ4v) is 3.81. The second-order valence-electron chi connectivity index (χ2n) is 7.45. The van der Waals surface area contributed by atoms with Gasteiger partial charge >= 0.3 is 0 Å². The van der Waals surface area contributed by atoms with Gasteiger partial charge in [0.1, 0.15) is 17.5 Å². The first-order valence-electron chi connectivity index (χ1n) is 10.4. The van der Waals surface area contributed by atoms with Gasteiger partial charge in [0, 0.05) is 34.0 Å². The zero-order chi connectivity index (χ0) is 24.1. The van der Waals surface area contributed by atoms with Crippen LogP contribution in [0.3, 0.4) is 0 Å². The van der Waals surface area contributed by atoms with Crippen molar-refractivity contribution in [2.24, 2.45) is 0 Å². The third-order valence-corrected chi connectivity index (χ3v) is 5.89. The van der Waals surface area contributed by atoms with Crippen LogP contribution in [0.1, 0.15) is 21.7 Å². The van der Waals surface area contributed by atoms with Crippen molar-refractivity contribution in [3.63, 3.8) is 0 Å². The molecule has 4 aromatic rings. The topological polar surface area (TPSA) is 94.5 Å². The number of allylic oxidation sites excluding steroid dienone is 1. The summed E-state index contributed by atoms with van der Waals surface area (Å²) in [6.45, 7) is 1.70. The van der Waals surface area contributed by atoms with Crippen LogP contribution in [-0.4, -0.2) is 33.3 Å². The van der Waals surface area contributed by atoms with Crippen molar-refractivity contribution >= 4 is 35.8 Å². The van der Waals surface area contributed by atoms with Crippen LogP contribution in [0.25, 0.3) is 28.6 Å². The predicted molar refractivity (Wildman–Crippen MR) is 136 cm³/mol. The molecular formula is C26H22FN5OS. The number of nitrogens with zero attached hydrogens (tertiary/aromatic N) is 2. The standard InChI is InChI=1S/C26H22FN5OS/c1-16-14-18(7-10-21(16)27)24-25(31-22(30-24)4-3-12-28)19-11-13-29-23(15-19)32-26(33)17-5-8-20(34-2)9-6-17/h3-15,28H,1-2H3,(H,30,31)(H,29,32,33)/b4-3-,28-12?. The molecule has 2 aromatic carbocycles. The molecule has 34 heavy (non-hydrogen) atoms. The first-order valence-corrected chi connectivity index (χ1v) is 11.7. The fraction of sp³-hybridized carbons (Fsp3) is 0.0769. The molecule has 0 saturated carbocycles. The Morgan fingerprint density at radius 3 is 2.62 bits per heavy atom. The van der Waals surface area contributed by atoms with Crippen LogP contribution in [0.4, 0.5) is 10.2 Å². The second-order valence-corrected chi connectivity index (χ2v) is 8.33. The first-order chi connectivity index (χ1) is 16.5. The predicted octanol–water partition coefficient (Wildman–Crippen LogP) is 6.22. The van der Waals surface area contributed by atoms with Crippen LogP contribution in [0.5, 0.6) is 0 Å². The number of halogens is 1. The summed E-state index contributed by atoms with van der Waals surface area (Å²) >= 11 is 1.61. The molecule has 0 atom stereocenters. The third kappa shape index (κ3) is 5.13. The van der Waals surface area contributed by atoms with E-state index in [0.717, 1.165) is 22.2 Å². The molecule has 3 N–H and O–H groups in total. The third-order valence-electron chi connectivity index (χ3n) is 5.15. The van der Waals surface area contributed by atoms with Crippen molar-refractivity contribution in [1.82, 2.24) is 15.0 Å². The fourth-order valence-electron chi connectivity index (χ4n) is 3.40. The number of anilines is 1. The smallest absolute Gasteiger partial charge is 0.256 e. The maximum atomic E-state index is 13.9. The average Bonchev–Trinajstić information content (AvgIpc) is 3.29. The number of amides is 1. The summed E-state index contributed by atoms with van der Waals surface area (Å²) in [7, 11) is 0. The van der Waals surface area contributed by atoms with Gasteiger partial charge in [-0.05, 0) is 85.5 Å². The van der Waals surface area contributed by atoms with Crippen molar-refractivity contribution in [3.05, 3.63) is 89.6 Å². The summed E-state index contributed by atoms with van der Waals surface area (Å²) in [4.78, 5) is 26.0. The van der Waals surface area contributed by atoms with E-state index in [4.69, 9.17) is 5.41 Å². The number of aromatic amines is 1. The molecular weight excluding hydrogens is 449 g/mol. The highest BCUT2D eigenvalue weighted by Crippen LogP contribution is 2.32. The van der Waals surface area contributed by atoms with E-state index in [1.807, 2.05) is 18.4 Å². The lowest BCUT2D eigenvalue weighted by Crippen LogP contribution is -2.12. The number of aromatic nitrogens is 3. The van der Waals surface area contributed by atoms with Gasteiger partial charge in [-0.15, -0.1) is 11.8 Å². The minimum atomic E-state index is -0.288. The first kappa shape index (κ1) is 23.1. The quantitative estimate of drug-likeness (QED) is 0.220. The van der Waals surface area contributed by atoms with Crippen LogP contribution in [-0.2, 0) is 0 Å². The van der Waals surface area contributed by atoms with Gasteiger partial charge in [-0.25, -0.2) is 14.4 Å². The van der Waals surface area contributed by atoms with E-state index >= 15 is 0 Å². The highest BCUT2D eigenvalue weighted by atomic mass is 32.2. The highest BCUT2D eigenvalue weighted by molar-refractivity contribution is 7.98. The molecule has 0 aliphatic rings. The van der Waals surface area contributed by atoms with Crippen LogP contribution < -0.4 is 5.32 Å². The number of imidazole rings is 1. The molecule has 0 saturated heterocycles. The molecule has 4 rings (SSSR count). The molecule has 0 bridgehead atoms. The number of aryl methyl sites for hydroxylation is 1. The molecule has 0 unspecified atom stereocenters. The molecule has 2 heterocycles. The van der Waals surface area contributed by atoms with Gasteiger partial charge in [-0.3, -0.25) is 4.79 Å². The van der Waals surface area contributed by atoms with E-state index in [-0.39, 0.29) is 11.7 Å². The lowest BCUT2D eigenvalue weighted by atomic mass is 10.0. The number of thioether (sulfide) groups is 1. The van der Waals surface area contributed by atoms with Crippen molar-refractivity contribution in [1.29, 1.82) is 5.41 Å². The number of carbonyl (C=O) groups excluding carboxylic acids is 1. The van der Waals surface area contributed by atoms with Crippen LogP contribution in [0, 0.1) is 18.2 Å². The summed E-state index contributed by atoms with van der Waals surface area (Å²) in [5.41, 5.74) is 3.87. The van der Waals surface area contributed by atoms with Crippen LogP contribution in [0.15, 0.2) is 71.8 Å². The molecule has 1 amide bonds. The van der Waals surface area contributed by atoms with Gasteiger partial charge in [0.15, 0.2) is 0 Å². The number of benzene rings is 2. The Labute approximate surface area is 200 Å². The van der Waals surface area contributed by atoms with Gasteiger partial charge < -0.3 is 15.7 Å². The van der Waals surface area contributed by atoms with Gasteiger partial charge in [-0.1, -0.05) is 0 Å². The molecule has 0 aliphatic heterocycles. The summed E-state index contributed by atoms with van der Waals surface area (Å²) in [6, 6.07) is 15.7. The van der Waals surface area contributed by atoms with Gasteiger partial charge in [0.05, 0.1) is 11.4 Å². The Kier molecular flexibility index (Phi) is 6.98. The number of H-pyrrole nitrogens is 1. The van der Waals surface area contributed by atoms with E-state index in [1.54, 1.807) is 73.4 Å². The molecule has 8 heteroatoms. The molecule has 0 spiro atoms. The Bertz CT molecular complexity index is 1380. The Balaban J connectivity index is 1.69. The Morgan fingerprint density at radius 1 is 1.12 bits per heavy atom. The molecule has 6 nitrogen and oxygen atoms in total. The Hall–Kier alpha value is -4.04. The largest absolute Gasteiger partial charge is 0.338 e. The van der Waals surface area contributed by atoms with Crippen molar-refractivity contribution < 1.29 is 9.18 Å². The molecule has 0 fully saturated rings. The number of nitrogens with one attached hydrogen (secondary N) is 3. The van der Waals surface area contributed by atoms with E-state index < -0.39 is 0 Å². The van der Waals surface area contributed by atoms with Gasteiger partial charge in [0.25, 0.3) is 5.91 Å². The zero-order valence-corrected chi connectivity index (χ0v) is 19.4. The Morgan fingerprint density at radius 2 is 1.91 bits per heavy atom. The molecule has 0 aliphatic carbocycles. The van der Waals surface area contributed by atoms with Crippen molar-refractivity contribution in [2.75, 3.05) is 11.6 Å². The molecule has 170 valence electrons. The van der Waals surface area contributed by atoms with Crippen molar-refractivity contribution in [2.45, 2.75) is 11.8 Å².